The predicted octanol–water partition coefficient (Wildman–Crippen LogP) is 5.86. The van der Waals surface area contributed by atoms with Gasteiger partial charge in [-0.3, -0.25) is 24.5 Å². The summed E-state index contributed by atoms with van der Waals surface area (Å²) in [6, 6.07) is 22.5. The number of nitrogens with zero attached hydrogens (tertiary/aromatic N) is 8. The van der Waals surface area contributed by atoms with E-state index >= 15 is 0 Å². The zero-order chi connectivity index (χ0) is 44.7. The fraction of sp³-hybridized carbons (Fsp3) is 0.449. The zero-order valence-corrected chi connectivity index (χ0v) is 37.0. The summed E-state index contributed by atoms with van der Waals surface area (Å²) in [5.74, 6) is 1.25. The first-order valence-corrected chi connectivity index (χ1v) is 23.3. The van der Waals surface area contributed by atoms with Gasteiger partial charge in [0, 0.05) is 87.6 Å². The van der Waals surface area contributed by atoms with Crippen LogP contribution >= 0.6 is 0 Å². The topological polar surface area (TPSA) is 184 Å². The van der Waals surface area contributed by atoms with Gasteiger partial charge in [0.25, 0.3) is 5.91 Å². The van der Waals surface area contributed by atoms with Gasteiger partial charge in [0.1, 0.15) is 35.4 Å². The number of likely N-dealkylation sites (tertiary alicyclic amines) is 1. The number of carbonyl (C=O) groups is 4. The Morgan fingerprint density at radius 3 is 2.35 bits per heavy atom. The number of nitrogens with two attached hydrogens (primary N) is 1. The summed E-state index contributed by atoms with van der Waals surface area (Å²) in [6.07, 6.45) is 9.74. The van der Waals surface area contributed by atoms with Crippen molar-refractivity contribution in [2.45, 2.75) is 82.8 Å². The first-order chi connectivity index (χ1) is 31.8. The third kappa shape index (κ3) is 10.1. The Bertz CT molecular complexity index is 2490. The van der Waals surface area contributed by atoms with Crippen LogP contribution in [0.2, 0.25) is 0 Å². The number of nitrogens with one attached hydrogen (secondary N) is 2. The summed E-state index contributed by atoms with van der Waals surface area (Å²) in [5.41, 5.74) is 11.2. The van der Waals surface area contributed by atoms with Gasteiger partial charge in [-0.15, -0.1) is 0 Å². The number of piperidine rings is 2. The molecule has 2 atom stereocenters. The molecule has 0 bridgehead atoms. The fourth-order valence-electron chi connectivity index (χ4n) is 9.78. The Morgan fingerprint density at radius 2 is 1.57 bits per heavy atom. The van der Waals surface area contributed by atoms with Crippen LogP contribution < -0.4 is 21.1 Å². The summed E-state index contributed by atoms with van der Waals surface area (Å²) >= 11 is 0. The number of nitrogen functional groups attached to an aromatic ring is 1. The summed E-state index contributed by atoms with van der Waals surface area (Å²) in [6.45, 7) is 8.71. The molecule has 6 heterocycles. The average Bonchev–Trinajstić information content (AvgIpc) is 3.89. The first kappa shape index (κ1) is 43.8. The molecule has 16 heteroatoms. The molecule has 2 aromatic heterocycles. The highest BCUT2D eigenvalue weighted by Gasteiger charge is 2.40. The maximum absolute atomic E-state index is 13.6. The second-order valence-electron chi connectivity index (χ2n) is 17.7. The predicted molar refractivity (Wildman–Crippen MR) is 248 cm³/mol. The summed E-state index contributed by atoms with van der Waals surface area (Å²) in [4.78, 5) is 68.4. The molecule has 4 N–H and O–H groups in total. The molecule has 9 rings (SSSR count). The number of para-hydroxylation sites is 1. The molecule has 0 saturated carbocycles. The molecule has 65 heavy (non-hydrogen) atoms. The third-order valence-electron chi connectivity index (χ3n) is 13.3. The van der Waals surface area contributed by atoms with Crippen LogP contribution in [-0.4, -0.2) is 128 Å². The van der Waals surface area contributed by atoms with E-state index in [0.717, 1.165) is 126 Å². The second kappa shape index (κ2) is 20.2. The molecule has 4 aliphatic heterocycles. The number of anilines is 2. The van der Waals surface area contributed by atoms with Crippen molar-refractivity contribution in [3.8, 4) is 22.8 Å². The van der Waals surface area contributed by atoms with Gasteiger partial charge < -0.3 is 35.4 Å². The quantitative estimate of drug-likeness (QED) is 0.0748. The SMILES string of the molecule is Nc1ncnc2c1c(-c1ccc(Oc3ccccc3)cc1)nn2[C@@H]1CCCN(C(=O)CCCN2CCN(CCCCCCNc3cccc4c3CN(C3CCC(=O)NC3=O)C4=O)CC2)C1. The van der Waals surface area contributed by atoms with E-state index in [4.69, 9.17) is 15.6 Å². The zero-order valence-electron chi connectivity index (χ0n) is 37.0. The molecular weight excluding hydrogens is 823 g/mol. The second-order valence-corrected chi connectivity index (χ2v) is 17.7. The van der Waals surface area contributed by atoms with E-state index in [9.17, 15) is 19.2 Å². The van der Waals surface area contributed by atoms with Crippen LogP contribution in [0.1, 0.15) is 86.2 Å². The molecule has 3 fully saturated rings. The van der Waals surface area contributed by atoms with Gasteiger partial charge in [-0.25, -0.2) is 14.6 Å². The molecule has 3 aromatic carbocycles. The van der Waals surface area contributed by atoms with Crippen molar-refractivity contribution in [1.29, 1.82) is 0 Å². The van der Waals surface area contributed by atoms with Gasteiger partial charge in [-0.2, -0.15) is 5.10 Å². The first-order valence-electron chi connectivity index (χ1n) is 23.3. The summed E-state index contributed by atoms with van der Waals surface area (Å²) in [5, 5.41) is 11.7. The van der Waals surface area contributed by atoms with E-state index in [1.165, 1.54) is 6.33 Å². The largest absolute Gasteiger partial charge is 0.457 e. The van der Waals surface area contributed by atoms with Crippen LogP contribution in [0.3, 0.4) is 0 Å². The van der Waals surface area contributed by atoms with Gasteiger partial charge in [0.05, 0.1) is 11.4 Å². The number of hydrogen-bond acceptors (Lipinski definition) is 12. The third-order valence-corrected chi connectivity index (χ3v) is 13.3. The number of imide groups is 1. The van der Waals surface area contributed by atoms with E-state index in [1.54, 1.807) is 4.90 Å². The molecule has 0 aliphatic carbocycles. The van der Waals surface area contributed by atoms with Gasteiger partial charge >= 0.3 is 0 Å². The van der Waals surface area contributed by atoms with Crippen LogP contribution in [0.25, 0.3) is 22.3 Å². The molecule has 5 aromatic rings. The van der Waals surface area contributed by atoms with Crippen LogP contribution in [0.4, 0.5) is 11.5 Å². The van der Waals surface area contributed by atoms with Crippen LogP contribution in [-0.2, 0) is 20.9 Å². The van der Waals surface area contributed by atoms with Gasteiger partial charge in [0.15, 0.2) is 5.65 Å². The van der Waals surface area contributed by atoms with Crippen molar-refractivity contribution < 1.29 is 23.9 Å². The Balaban J connectivity index is 0.671. The van der Waals surface area contributed by atoms with E-state index < -0.39 is 6.04 Å². The standard InChI is InChI=1S/C49H59N11O5/c50-46-44-45(34-17-19-37(20-18-34)65-36-12-4-3-5-13-36)55-60(47(44)53-33-52-46)35-11-9-26-58(31-35)43(62)16-10-25-57-29-27-56(28-30-57)24-7-2-1-6-23-51-40-15-8-14-38-39(40)32-59(49(38)64)41-21-22-42(61)54-48(41)63/h3-5,8,12-15,17-20,33,35,41,51H,1-2,6-7,9-11,16,21-32H2,(H2,50,52,53)(H,54,61,63)/t35-,41?/m1/s1. The van der Waals surface area contributed by atoms with E-state index in [1.807, 2.05) is 82.4 Å². The van der Waals surface area contributed by atoms with Crippen LogP contribution in [0.5, 0.6) is 11.5 Å². The molecule has 0 radical (unpaired) electrons. The monoisotopic (exact) mass is 881 g/mol. The lowest BCUT2D eigenvalue weighted by Crippen LogP contribution is -2.52. The fourth-order valence-corrected chi connectivity index (χ4v) is 9.78. The number of benzene rings is 3. The molecule has 16 nitrogen and oxygen atoms in total. The van der Waals surface area contributed by atoms with Crippen molar-refractivity contribution >= 4 is 46.2 Å². The van der Waals surface area contributed by atoms with Gasteiger partial charge in [0.2, 0.25) is 17.7 Å². The Hall–Kier alpha value is -6.39. The highest BCUT2D eigenvalue weighted by molar-refractivity contribution is 6.06. The molecule has 1 unspecified atom stereocenters. The minimum absolute atomic E-state index is 0.0199. The highest BCUT2D eigenvalue weighted by Crippen LogP contribution is 2.36. The summed E-state index contributed by atoms with van der Waals surface area (Å²) in [7, 11) is 0. The Kier molecular flexibility index (Phi) is 13.6. The Morgan fingerprint density at radius 1 is 0.815 bits per heavy atom. The molecule has 3 saturated heterocycles. The van der Waals surface area contributed by atoms with Crippen molar-refractivity contribution in [3.63, 3.8) is 0 Å². The maximum atomic E-state index is 13.6. The number of carbonyl (C=O) groups excluding carboxylic acids is 4. The summed E-state index contributed by atoms with van der Waals surface area (Å²) < 4.78 is 7.96. The molecule has 4 aliphatic rings. The number of aromatic nitrogens is 4. The normalized spacial score (nSPS) is 19.4. The average molecular weight is 882 g/mol. The lowest BCUT2D eigenvalue weighted by molar-refractivity contribution is -0.137. The number of unbranched alkanes of at least 4 members (excludes halogenated alkanes) is 3. The van der Waals surface area contributed by atoms with E-state index in [-0.39, 0.29) is 36.1 Å². The number of hydrogen-bond donors (Lipinski definition) is 3. The maximum Gasteiger partial charge on any atom is 0.255 e. The molecule has 4 amide bonds. The lowest BCUT2D eigenvalue weighted by Gasteiger charge is -2.35. The smallest absolute Gasteiger partial charge is 0.255 e. The van der Waals surface area contributed by atoms with E-state index in [0.29, 0.717) is 54.0 Å². The number of piperazine rings is 1. The molecular formula is C49H59N11O5. The lowest BCUT2D eigenvalue weighted by atomic mass is 10.0. The van der Waals surface area contributed by atoms with Gasteiger partial charge in [-0.1, -0.05) is 37.1 Å². The highest BCUT2D eigenvalue weighted by atomic mass is 16.5. The molecule has 340 valence electrons. The number of fused-ring (bicyclic) bond motifs is 2. The molecule has 0 spiro atoms. The van der Waals surface area contributed by atoms with Crippen molar-refractivity contribution in [3.05, 3.63) is 90.3 Å². The van der Waals surface area contributed by atoms with E-state index in [2.05, 4.69) is 30.4 Å². The van der Waals surface area contributed by atoms with Crippen molar-refractivity contribution in [2.75, 3.05) is 70.0 Å². The van der Waals surface area contributed by atoms with Gasteiger partial charge in [-0.05, 0) is 100 Å². The number of amides is 4. The van der Waals surface area contributed by atoms with Crippen molar-refractivity contribution in [2.24, 2.45) is 0 Å². The van der Waals surface area contributed by atoms with Crippen molar-refractivity contribution in [1.82, 2.24) is 44.7 Å². The minimum atomic E-state index is -0.609. The number of ether oxygens (including phenoxy) is 1. The van der Waals surface area contributed by atoms with Crippen LogP contribution in [0.15, 0.2) is 79.1 Å². The minimum Gasteiger partial charge on any atom is -0.457 e. The van der Waals surface area contributed by atoms with Crippen LogP contribution in [0, 0.1) is 0 Å². The number of rotatable bonds is 17. The Labute approximate surface area is 379 Å².